The third kappa shape index (κ3) is 3.89. The number of likely N-dealkylation sites (tertiary alicyclic amines) is 1. The van der Waals surface area contributed by atoms with Gasteiger partial charge >= 0.3 is 0 Å². The highest BCUT2D eigenvalue weighted by Crippen LogP contribution is 2.30. The van der Waals surface area contributed by atoms with Crippen LogP contribution in [0.15, 0.2) is 36.7 Å². The molecule has 2 unspecified atom stereocenters. The minimum absolute atomic E-state index is 0.0560. The number of amides is 2. The molecule has 154 valence electrons. The maximum Gasteiger partial charge on any atom is 0.251 e. The van der Waals surface area contributed by atoms with Crippen molar-refractivity contribution in [3.05, 3.63) is 42.4 Å². The largest absolute Gasteiger partial charge is 0.497 e. The van der Waals surface area contributed by atoms with Crippen LogP contribution >= 0.6 is 0 Å². The maximum absolute atomic E-state index is 13.0. The number of anilines is 1. The van der Waals surface area contributed by atoms with Gasteiger partial charge in [0, 0.05) is 50.1 Å². The number of nitriles is 1. The second-order valence-corrected chi connectivity index (χ2v) is 7.24. The average Bonchev–Trinajstić information content (AvgIpc) is 3.40. The van der Waals surface area contributed by atoms with Crippen molar-refractivity contribution >= 4 is 17.5 Å². The molecule has 1 aromatic carbocycles. The monoisotopic (exact) mass is 407 g/mol. The van der Waals surface area contributed by atoms with Gasteiger partial charge in [-0.1, -0.05) is 6.07 Å². The average molecular weight is 407 g/mol. The minimum atomic E-state index is -0.395. The van der Waals surface area contributed by atoms with Crippen molar-refractivity contribution in [1.29, 1.82) is 5.26 Å². The third-order valence-corrected chi connectivity index (χ3v) is 5.34. The van der Waals surface area contributed by atoms with Crippen LogP contribution in [0, 0.1) is 17.2 Å². The fourth-order valence-electron chi connectivity index (χ4n) is 3.83. The summed E-state index contributed by atoms with van der Waals surface area (Å²) in [5.74, 6) is 0.315. The van der Waals surface area contributed by atoms with E-state index in [4.69, 9.17) is 14.7 Å². The van der Waals surface area contributed by atoms with E-state index in [1.54, 1.807) is 23.0 Å². The van der Waals surface area contributed by atoms with Gasteiger partial charge in [-0.25, -0.2) is 9.97 Å². The van der Waals surface area contributed by atoms with Gasteiger partial charge in [-0.15, -0.1) is 0 Å². The third-order valence-electron chi connectivity index (χ3n) is 5.34. The summed E-state index contributed by atoms with van der Waals surface area (Å²) in [5.41, 5.74) is 0.849. The van der Waals surface area contributed by atoms with Crippen molar-refractivity contribution in [2.75, 3.05) is 31.6 Å². The molecule has 4 rings (SSSR count). The molecule has 0 N–H and O–H groups in total. The Morgan fingerprint density at radius 2 is 2.10 bits per heavy atom. The quantitative estimate of drug-likeness (QED) is 0.737. The molecule has 0 radical (unpaired) electrons. The summed E-state index contributed by atoms with van der Waals surface area (Å²) in [6.07, 6.45) is 3.45. The highest BCUT2D eigenvalue weighted by atomic mass is 16.5. The fraction of sp³-hybridized carbons (Fsp3) is 0.381. The van der Waals surface area contributed by atoms with Gasteiger partial charge in [0.25, 0.3) is 5.88 Å². The Morgan fingerprint density at radius 3 is 2.90 bits per heavy atom. The normalized spacial score (nSPS) is 20.9. The smallest absolute Gasteiger partial charge is 0.251 e. The molecule has 2 aliphatic heterocycles. The number of nitrogens with zero attached hydrogens (tertiary/aromatic N) is 5. The van der Waals surface area contributed by atoms with E-state index in [0.29, 0.717) is 31.8 Å². The van der Waals surface area contributed by atoms with E-state index in [1.807, 2.05) is 24.3 Å². The maximum atomic E-state index is 13.0. The van der Waals surface area contributed by atoms with Gasteiger partial charge in [0.1, 0.15) is 17.9 Å². The summed E-state index contributed by atoms with van der Waals surface area (Å²) in [5, 5.41) is 9.11. The molecule has 0 bridgehead atoms. The minimum Gasteiger partial charge on any atom is -0.497 e. The van der Waals surface area contributed by atoms with Crippen LogP contribution in [0.5, 0.6) is 11.6 Å². The van der Waals surface area contributed by atoms with Crippen LogP contribution in [0.25, 0.3) is 0 Å². The second-order valence-electron chi connectivity index (χ2n) is 7.24. The van der Waals surface area contributed by atoms with E-state index >= 15 is 0 Å². The first kappa shape index (κ1) is 19.6. The lowest BCUT2D eigenvalue weighted by Gasteiger charge is -2.21. The number of rotatable bonds is 5. The predicted octanol–water partition coefficient (Wildman–Crippen LogP) is 1.39. The topological polar surface area (TPSA) is 109 Å². The summed E-state index contributed by atoms with van der Waals surface area (Å²) >= 11 is 0. The number of ether oxygens (including phenoxy) is 2. The van der Waals surface area contributed by atoms with E-state index in [2.05, 4.69) is 9.97 Å². The zero-order valence-corrected chi connectivity index (χ0v) is 16.5. The van der Waals surface area contributed by atoms with Crippen molar-refractivity contribution in [2.24, 2.45) is 5.92 Å². The summed E-state index contributed by atoms with van der Waals surface area (Å²) in [6, 6.07) is 9.21. The van der Waals surface area contributed by atoms with E-state index in [1.165, 1.54) is 12.4 Å². The molecule has 0 aliphatic carbocycles. The molecule has 30 heavy (non-hydrogen) atoms. The standard InChI is InChI=1S/C21H21N5O4/c1-29-16-4-2-3-15(10-16)26-12-14(9-19(26)27)21(28)25-8-5-17(13-25)30-20-18(11-22)23-6-7-24-20/h2-4,6-7,10,14,17H,5,8-9,12-13H2,1H3. The number of methoxy groups -OCH3 is 1. The first-order valence-corrected chi connectivity index (χ1v) is 9.70. The van der Waals surface area contributed by atoms with E-state index < -0.39 is 5.92 Å². The van der Waals surface area contributed by atoms with Gasteiger partial charge in [0.05, 0.1) is 19.6 Å². The Kier molecular flexibility index (Phi) is 5.48. The number of hydrogen-bond donors (Lipinski definition) is 0. The first-order chi connectivity index (χ1) is 14.6. The van der Waals surface area contributed by atoms with Crippen molar-refractivity contribution in [1.82, 2.24) is 14.9 Å². The summed E-state index contributed by atoms with van der Waals surface area (Å²) in [7, 11) is 1.57. The van der Waals surface area contributed by atoms with Gasteiger partial charge in [-0.2, -0.15) is 5.26 Å². The van der Waals surface area contributed by atoms with Crippen molar-refractivity contribution in [2.45, 2.75) is 18.9 Å². The molecule has 3 heterocycles. The fourth-order valence-corrected chi connectivity index (χ4v) is 3.83. The lowest BCUT2D eigenvalue weighted by molar-refractivity contribution is -0.135. The number of aromatic nitrogens is 2. The van der Waals surface area contributed by atoms with Crippen LogP contribution in [0.4, 0.5) is 5.69 Å². The van der Waals surface area contributed by atoms with Crippen LogP contribution < -0.4 is 14.4 Å². The number of benzene rings is 1. The molecular weight excluding hydrogens is 386 g/mol. The molecule has 2 saturated heterocycles. The Hall–Kier alpha value is -3.67. The predicted molar refractivity (Wildman–Crippen MR) is 106 cm³/mol. The van der Waals surface area contributed by atoms with Gasteiger partial charge < -0.3 is 19.3 Å². The Morgan fingerprint density at radius 1 is 1.27 bits per heavy atom. The van der Waals surface area contributed by atoms with Crippen molar-refractivity contribution in [3.8, 4) is 17.7 Å². The summed E-state index contributed by atoms with van der Waals surface area (Å²) < 4.78 is 11.0. The molecule has 2 fully saturated rings. The molecule has 9 nitrogen and oxygen atoms in total. The zero-order chi connectivity index (χ0) is 21.1. The molecule has 1 aromatic heterocycles. The lowest BCUT2D eigenvalue weighted by Crippen LogP contribution is -2.37. The number of carbonyl (C=O) groups excluding carboxylic acids is 2. The van der Waals surface area contributed by atoms with Crippen LogP contribution in [-0.2, 0) is 9.59 Å². The molecule has 0 spiro atoms. The van der Waals surface area contributed by atoms with E-state index in [9.17, 15) is 9.59 Å². The lowest BCUT2D eigenvalue weighted by atomic mass is 10.1. The summed E-state index contributed by atoms with van der Waals surface area (Å²) in [4.78, 5) is 36.9. The van der Waals surface area contributed by atoms with E-state index in [-0.39, 0.29) is 35.9 Å². The van der Waals surface area contributed by atoms with Gasteiger partial charge in [0.15, 0.2) is 0 Å². The molecular formula is C21H21N5O4. The van der Waals surface area contributed by atoms with Gasteiger partial charge in [0.2, 0.25) is 17.5 Å². The molecule has 2 aromatic rings. The van der Waals surface area contributed by atoms with Gasteiger partial charge in [-0.05, 0) is 12.1 Å². The first-order valence-electron chi connectivity index (χ1n) is 9.70. The second kappa shape index (κ2) is 8.37. The highest BCUT2D eigenvalue weighted by molar-refractivity contribution is 6.00. The van der Waals surface area contributed by atoms with Gasteiger partial charge in [-0.3, -0.25) is 9.59 Å². The molecule has 2 atom stereocenters. The summed E-state index contributed by atoms with van der Waals surface area (Å²) in [6.45, 7) is 1.27. The SMILES string of the molecule is COc1cccc(N2CC(C(=O)N3CCC(Oc4nccnc4C#N)C3)CC2=O)c1. The molecule has 2 aliphatic rings. The number of hydrogen-bond acceptors (Lipinski definition) is 7. The van der Waals surface area contributed by atoms with Crippen LogP contribution in [0.3, 0.4) is 0 Å². The number of carbonyl (C=O) groups is 2. The molecule has 2 amide bonds. The van der Waals surface area contributed by atoms with E-state index in [0.717, 1.165) is 5.69 Å². The highest BCUT2D eigenvalue weighted by Gasteiger charge is 2.39. The molecule has 9 heteroatoms. The van der Waals surface area contributed by atoms with Crippen LogP contribution in [0.1, 0.15) is 18.5 Å². The Balaban J connectivity index is 1.38. The van der Waals surface area contributed by atoms with Crippen molar-refractivity contribution < 1.29 is 19.1 Å². The van der Waals surface area contributed by atoms with Crippen LogP contribution in [0.2, 0.25) is 0 Å². The van der Waals surface area contributed by atoms with Crippen LogP contribution in [-0.4, -0.2) is 59.5 Å². The van der Waals surface area contributed by atoms with Crippen molar-refractivity contribution in [3.63, 3.8) is 0 Å². The Labute approximate surface area is 173 Å². The zero-order valence-electron chi connectivity index (χ0n) is 16.5. The molecule has 0 saturated carbocycles. The Bertz CT molecular complexity index is 1000.